The van der Waals surface area contributed by atoms with Crippen molar-refractivity contribution in [1.82, 2.24) is 34.4 Å². The summed E-state index contributed by atoms with van der Waals surface area (Å²) in [6.07, 6.45) is 10.9. The summed E-state index contributed by atoms with van der Waals surface area (Å²) in [6, 6.07) is 6.04. The average Bonchev–Trinajstić information content (AvgIpc) is 3.49. The predicted molar refractivity (Wildman–Crippen MR) is 123 cm³/mol. The molecule has 0 unspecified atom stereocenters. The second-order valence-corrected chi connectivity index (χ2v) is 8.54. The number of pyridine rings is 2. The van der Waals surface area contributed by atoms with Gasteiger partial charge in [0.05, 0.1) is 47.3 Å². The van der Waals surface area contributed by atoms with Crippen LogP contribution in [0.1, 0.15) is 34.9 Å². The molecule has 4 aromatic heterocycles. The number of carbonyl (C=O) groups is 1. The van der Waals surface area contributed by atoms with E-state index in [1.54, 1.807) is 23.3 Å². The number of Topliss-reactive ketones (excluding diaryl/α,β-unsaturated/α-hetero) is 1. The van der Waals surface area contributed by atoms with Crippen LogP contribution in [-0.2, 0) is 13.5 Å². The van der Waals surface area contributed by atoms with Gasteiger partial charge in [-0.25, -0.2) is 9.37 Å². The molecule has 0 radical (unpaired) electrons. The Hall–Kier alpha value is -3.46. The number of nitrogens with zero attached hydrogens (tertiary/aromatic N) is 7. The number of rotatable bonds is 7. The summed E-state index contributed by atoms with van der Waals surface area (Å²) in [4.78, 5) is 24.2. The molecule has 0 aromatic carbocycles. The standard InChI is InChI=1S/C24H26FN7O/c1-30-15-18(13-27-30)22-3-2-17-12-26-20(10-23(17)29-22)11-24(33)19-14-28-32(16-19)21-4-7-31(8-5-21)9-6-25/h2-3,10,12-16,21H,4-9,11H2,1H3. The van der Waals surface area contributed by atoms with E-state index >= 15 is 0 Å². The lowest BCUT2D eigenvalue weighted by Gasteiger charge is -2.31. The van der Waals surface area contributed by atoms with Gasteiger partial charge >= 0.3 is 0 Å². The molecule has 1 saturated heterocycles. The van der Waals surface area contributed by atoms with Crippen LogP contribution in [0.3, 0.4) is 0 Å². The number of hydrogen-bond donors (Lipinski definition) is 0. The molecule has 33 heavy (non-hydrogen) atoms. The fourth-order valence-electron chi connectivity index (χ4n) is 4.34. The molecule has 5 heterocycles. The summed E-state index contributed by atoms with van der Waals surface area (Å²) in [5, 5.41) is 9.56. The number of likely N-dealkylation sites (tertiary alicyclic amines) is 1. The quantitative estimate of drug-likeness (QED) is 0.405. The Morgan fingerprint density at radius 2 is 1.97 bits per heavy atom. The highest BCUT2D eigenvalue weighted by Gasteiger charge is 2.22. The topological polar surface area (TPSA) is 81.7 Å². The van der Waals surface area contributed by atoms with Gasteiger partial charge < -0.3 is 4.90 Å². The molecule has 8 nitrogen and oxygen atoms in total. The molecule has 170 valence electrons. The van der Waals surface area contributed by atoms with Crippen molar-refractivity contribution < 1.29 is 9.18 Å². The Kier molecular flexibility index (Phi) is 5.95. The minimum atomic E-state index is -0.311. The molecule has 1 aliphatic rings. The van der Waals surface area contributed by atoms with Crippen LogP contribution in [0.2, 0.25) is 0 Å². The molecule has 0 N–H and O–H groups in total. The van der Waals surface area contributed by atoms with Crippen LogP contribution in [0.25, 0.3) is 22.2 Å². The molecule has 1 fully saturated rings. The van der Waals surface area contributed by atoms with Crippen LogP contribution >= 0.6 is 0 Å². The third kappa shape index (κ3) is 4.68. The van der Waals surface area contributed by atoms with Gasteiger partial charge in [0.15, 0.2) is 5.78 Å². The number of carbonyl (C=O) groups excluding carboxylic acids is 1. The van der Waals surface area contributed by atoms with E-state index in [0.29, 0.717) is 17.8 Å². The summed E-state index contributed by atoms with van der Waals surface area (Å²) in [7, 11) is 1.87. The summed E-state index contributed by atoms with van der Waals surface area (Å²) < 4.78 is 16.2. The van der Waals surface area contributed by atoms with E-state index in [2.05, 4.69) is 20.1 Å². The maximum absolute atomic E-state index is 12.9. The molecule has 0 bridgehead atoms. The number of alkyl halides is 1. The van der Waals surface area contributed by atoms with E-state index in [4.69, 9.17) is 4.98 Å². The zero-order valence-electron chi connectivity index (χ0n) is 18.6. The lowest BCUT2D eigenvalue weighted by molar-refractivity contribution is 0.0991. The van der Waals surface area contributed by atoms with Crippen molar-refractivity contribution >= 4 is 16.7 Å². The van der Waals surface area contributed by atoms with Gasteiger partial charge in [-0.15, -0.1) is 0 Å². The Balaban J connectivity index is 1.28. The minimum Gasteiger partial charge on any atom is -0.301 e. The van der Waals surface area contributed by atoms with Crippen LogP contribution in [0.15, 0.2) is 49.2 Å². The van der Waals surface area contributed by atoms with E-state index in [1.165, 1.54) is 0 Å². The minimum absolute atomic E-state index is 0.0219. The Bertz CT molecular complexity index is 1270. The van der Waals surface area contributed by atoms with Crippen molar-refractivity contribution in [3.05, 3.63) is 60.4 Å². The van der Waals surface area contributed by atoms with Crippen molar-refractivity contribution in [2.24, 2.45) is 7.05 Å². The first kappa shape index (κ1) is 21.4. The molecule has 9 heteroatoms. The number of aryl methyl sites for hydroxylation is 1. The molecule has 0 aliphatic carbocycles. The van der Waals surface area contributed by atoms with E-state index in [1.807, 2.05) is 42.3 Å². The monoisotopic (exact) mass is 447 g/mol. The molecule has 5 rings (SSSR count). The number of piperidine rings is 1. The van der Waals surface area contributed by atoms with E-state index in [9.17, 15) is 9.18 Å². The fraction of sp³-hybridized carbons (Fsp3) is 0.375. The van der Waals surface area contributed by atoms with Gasteiger partial charge in [-0.1, -0.05) is 0 Å². The molecule has 4 aromatic rings. The summed E-state index contributed by atoms with van der Waals surface area (Å²) in [6.45, 7) is 1.89. The average molecular weight is 448 g/mol. The normalized spacial score (nSPS) is 15.3. The van der Waals surface area contributed by atoms with Gasteiger partial charge in [0, 0.05) is 56.2 Å². The van der Waals surface area contributed by atoms with Crippen molar-refractivity contribution in [2.45, 2.75) is 25.3 Å². The second-order valence-electron chi connectivity index (χ2n) is 8.54. The molecular formula is C24H26FN7O. The van der Waals surface area contributed by atoms with Crippen LogP contribution in [0.4, 0.5) is 4.39 Å². The SMILES string of the molecule is Cn1cc(-c2ccc3cnc(CC(=O)c4cnn(C5CCN(CCF)CC5)c4)cc3n2)cn1. The van der Waals surface area contributed by atoms with Gasteiger partial charge in [0.1, 0.15) is 6.67 Å². The van der Waals surface area contributed by atoms with Gasteiger partial charge in [-0.3, -0.25) is 19.1 Å². The van der Waals surface area contributed by atoms with Crippen molar-refractivity contribution in [3.8, 4) is 11.3 Å². The molecule has 0 atom stereocenters. The zero-order valence-corrected chi connectivity index (χ0v) is 18.6. The first-order chi connectivity index (χ1) is 16.1. The molecule has 1 aliphatic heterocycles. The number of hydrogen-bond acceptors (Lipinski definition) is 6. The number of ketones is 1. The Labute approximate surface area is 191 Å². The third-order valence-corrected chi connectivity index (χ3v) is 6.23. The molecular weight excluding hydrogens is 421 g/mol. The van der Waals surface area contributed by atoms with Crippen LogP contribution in [0, 0.1) is 0 Å². The maximum atomic E-state index is 12.9. The highest BCUT2D eigenvalue weighted by molar-refractivity contribution is 5.97. The van der Waals surface area contributed by atoms with Gasteiger partial charge in [-0.05, 0) is 31.0 Å². The predicted octanol–water partition coefficient (Wildman–Crippen LogP) is 3.26. The number of fused-ring (bicyclic) bond motifs is 1. The van der Waals surface area contributed by atoms with E-state index in [0.717, 1.165) is 48.1 Å². The Morgan fingerprint density at radius 1 is 1.12 bits per heavy atom. The number of aromatic nitrogens is 6. The van der Waals surface area contributed by atoms with Crippen LogP contribution in [-0.4, -0.2) is 66.5 Å². The Morgan fingerprint density at radius 3 is 2.73 bits per heavy atom. The molecule has 0 spiro atoms. The largest absolute Gasteiger partial charge is 0.301 e. The fourth-order valence-corrected chi connectivity index (χ4v) is 4.34. The maximum Gasteiger partial charge on any atom is 0.171 e. The van der Waals surface area contributed by atoms with Gasteiger partial charge in [0.2, 0.25) is 0 Å². The lowest BCUT2D eigenvalue weighted by Crippen LogP contribution is -2.36. The first-order valence-corrected chi connectivity index (χ1v) is 11.2. The highest BCUT2D eigenvalue weighted by Crippen LogP contribution is 2.23. The number of halogens is 1. The van der Waals surface area contributed by atoms with Gasteiger partial charge in [-0.2, -0.15) is 10.2 Å². The summed E-state index contributed by atoms with van der Waals surface area (Å²) >= 11 is 0. The zero-order chi connectivity index (χ0) is 22.8. The van der Waals surface area contributed by atoms with Crippen molar-refractivity contribution in [2.75, 3.05) is 26.3 Å². The smallest absolute Gasteiger partial charge is 0.171 e. The highest BCUT2D eigenvalue weighted by atomic mass is 19.1. The van der Waals surface area contributed by atoms with Crippen molar-refractivity contribution in [1.29, 1.82) is 0 Å². The molecule has 0 amide bonds. The first-order valence-electron chi connectivity index (χ1n) is 11.2. The van der Waals surface area contributed by atoms with E-state index in [-0.39, 0.29) is 24.9 Å². The summed E-state index contributed by atoms with van der Waals surface area (Å²) in [5.41, 5.74) is 3.83. The third-order valence-electron chi connectivity index (χ3n) is 6.23. The van der Waals surface area contributed by atoms with Crippen LogP contribution < -0.4 is 0 Å². The van der Waals surface area contributed by atoms with Crippen molar-refractivity contribution in [3.63, 3.8) is 0 Å². The van der Waals surface area contributed by atoms with Crippen LogP contribution in [0.5, 0.6) is 0 Å². The van der Waals surface area contributed by atoms with Gasteiger partial charge in [0.25, 0.3) is 0 Å². The second kappa shape index (κ2) is 9.19. The summed E-state index contributed by atoms with van der Waals surface area (Å²) in [5.74, 6) is -0.0219. The molecule has 0 saturated carbocycles. The lowest BCUT2D eigenvalue weighted by atomic mass is 10.1. The van der Waals surface area contributed by atoms with E-state index < -0.39 is 0 Å².